The lowest BCUT2D eigenvalue weighted by atomic mass is 9.87. The third-order valence-electron chi connectivity index (χ3n) is 2.32. The topological polar surface area (TPSA) is 95.7 Å². The molecule has 21 heavy (non-hydrogen) atoms. The van der Waals surface area contributed by atoms with Crippen molar-refractivity contribution in [1.82, 2.24) is 0 Å². The highest BCUT2D eigenvalue weighted by Crippen LogP contribution is 2.19. The first-order valence-electron chi connectivity index (χ1n) is 6.10. The SMILES string of the molecule is CC(C)(C)C(=O)C(N)CSCC(COC(=O)I)OC(=O)I. The second-order valence-electron chi connectivity index (χ2n) is 5.28. The molecule has 0 amide bonds. The van der Waals surface area contributed by atoms with Gasteiger partial charge in [0.15, 0.2) is 5.78 Å². The van der Waals surface area contributed by atoms with Crippen molar-refractivity contribution < 1.29 is 23.9 Å². The Kier molecular flexibility index (Phi) is 10.4. The van der Waals surface area contributed by atoms with Gasteiger partial charge in [-0.15, -0.1) is 0 Å². The molecule has 2 atom stereocenters. The second kappa shape index (κ2) is 10.2. The highest BCUT2D eigenvalue weighted by atomic mass is 127. The van der Waals surface area contributed by atoms with Crippen LogP contribution in [0.15, 0.2) is 0 Å². The summed E-state index contributed by atoms with van der Waals surface area (Å²) < 4.78 is 8.91. The van der Waals surface area contributed by atoms with E-state index in [1.807, 2.05) is 20.8 Å². The summed E-state index contributed by atoms with van der Waals surface area (Å²) in [7, 11) is 0. The van der Waals surface area contributed by atoms with Gasteiger partial charge in [0.25, 0.3) is 0 Å². The fourth-order valence-electron chi connectivity index (χ4n) is 1.36. The van der Waals surface area contributed by atoms with Crippen LogP contribution in [-0.4, -0.2) is 44.0 Å². The molecular formula is C12H19I2NO5S. The van der Waals surface area contributed by atoms with Crippen molar-refractivity contribution in [2.24, 2.45) is 11.1 Å². The van der Waals surface area contributed by atoms with Gasteiger partial charge in [-0.2, -0.15) is 11.8 Å². The maximum absolute atomic E-state index is 11.9. The third-order valence-corrected chi connectivity index (χ3v) is 4.09. The Hall–Kier alpha value is 0.380. The van der Waals surface area contributed by atoms with Crippen molar-refractivity contribution in [2.45, 2.75) is 32.9 Å². The van der Waals surface area contributed by atoms with Crippen LogP contribution in [0.5, 0.6) is 0 Å². The molecule has 0 aliphatic rings. The Morgan fingerprint density at radius 3 is 2.14 bits per heavy atom. The number of rotatable bonds is 8. The zero-order valence-electron chi connectivity index (χ0n) is 12.1. The molecule has 0 aliphatic heterocycles. The minimum atomic E-state index is -0.571. The van der Waals surface area contributed by atoms with Gasteiger partial charge in [-0.05, 0) is 0 Å². The molecule has 6 nitrogen and oxygen atoms in total. The predicted molar refractivity (Wildman–Crippen MR) is 99.4 cm³/mol. The van der Waals surface area contributed by atoms with E-state index in [0.29, 0.717) is 11.5 Å². The Morgan fingerprint density at radius 2 is 1.71 bits per heavy atom. The van der Waals surface area contributed by atoms with Gasteiger partial charge in [-0.25, -0.2) is 9.59 Å². The van der Waals surface area contributed by atoms with Gasteiger partial charge in [-0.1, -0.05) is 20.8 Å². The molecule has 2 unspecified atom stereocenters. The summed E-state index contributed by atoms with van der Waals surface area (Å²) in [5.41, 5.74) is 5.37. The summed E-state index contributed by atoms with van der Waals surface area (Å²) in [6.45, 7) is 5.45. The Morgan fingerprint density at radius 1 is 1.14 bits per heavy atom. The van der Waals surface area contributed by atoms with Gasteiger partial charge in [0.1, 0.15) is 12.7 Å². The summed E-state index contributed by atoms with van der Waals surface area (Å²) >= 11 is 4.40. The van der Waals surface area contributed by atoms with E-state index in [2.05, 4.69) is 0 Å². The minimum Gasteiger partial charge on any atom is -0.454 e. The molecule has 0 rings (SSSR count). The van der Waals surface area contributed by atoms with Crippen molar-refractivity contribution in [3.05, 3.63) is 0 Å². The molecule has 0 aromatic heterocycles. The van der Waals surface area contributed by atoms with E-state index < -0.39 is 25.5 Å². The lowest BCUT2D eigenvalue weighted by molar-refractivity contribution is -0.127. The fraction of sp³-hybridized carbons (Fsp3) is 0.750. The fourth-order valence-corrected chi connectivity index (χ4v) is 2.87. The highest BCUT2D eigenvalue weighted by molar-refractivity contribution is 14.1. The van der Waals surface area contributed by atoms with Crippen molar-refractivity contribution in [3.63, 3.8) is 0 Å². The number of ketones is 1. The highest BCUT2D eigenvalue weighted by Gasteiger charge is 2.27. The van der Waals surface area contributed by atoms with Crippen LogP contribution in [0.3, 0.4) is 0 Å². The number of ether oxygens (including phenoxy) is 2. The Labute approximate surface area is 155 Å². The van der Waals surface area contributed by atoms with Crippen LogP contribution in [0.1, 0.15) is 20.8 Å². The molecule has 0 saturated heterocycles. The Balaban J connectivity index is 4.26. The van der Waals surface area contributed by atoms with Gasteiger partial charge in [0, 0.05) is 16.9 Å². The number of thioether (sulfide) groups is 1. The van der Waals surface area contributed by atoms with Crippen LogP contribution >= 0.6 is 56.9 Å². The predicted octanol–water partition coefficient (Wildman–Crippen LogP) is 3.17. The molecule has 0 aromatic rings. The molecule has 0 aromatic carbocycles. The van der Waals surface area contributed by atoms with Crippen molar-refractivity contribution in [2.75, 3.05) is 18.1 Å². The van der Waals surface area contributed by atoms with Gasteiger partial charge >= 0.3 is 7.95 Å². The zero-order chi connectivity index (χ0) is 16.6. The van der Waals surface area contributed by atoms with Crippen LogP contribution < -0.4 is 5.73 Å². The molecule has 0 fully saturated rings. The summed E-state index contributed by atoms with van der Waals surface area (Å²) in [6.07, 6.45) is -0.546. The van der Waals surface area contributed by atoms with Crippen molar-refractivity contribution in [3.8, 4) is 0 Å². The summed E-state index contributed by atoms with van der Waals surface area (Å²) in [4.78, 5) is 33.7. The standard InChI is InChI=1S/C12H19I2NO5S/c1-12(2,3)9(16)8(15)6-21-5-7(20-11(14)18)4-19-10(13)17/h7-8H,4-6,15H2,1-3H3. The van der Waals surface area contributed by atoms with Crippen LogP contribution in [-0.2, 0) is 14.3 Å². The lowest BCUT2D eigenvalue weighted by Crippen LogP contribution is -2.41. The first kappa shape index (κ1) is 21.4. The minimum absolute atomic E-state index is 0.00797. The molecule has 0 bridgehead atoms. The number of hydrogen-bond donors (Lipinski definition) is 1. The summed E-state index contributed by atoms with van der Waals surface area (Å²) in [5.74, 6) is 0.809. The van der Waals surface area contributed by atoms with E-state index in [1.54, 1.807) is 0 Å². The number of carbonyl (C=O) groups is 3. The maximum atomic E-state index is 11.9. The lowest BCUT2D eigenvalue weighted by Gasteiger charge is -2.22. The second-order valence-corrected chi connectivity index (χ2v) is 8.12. The molecule has 0 radical (unpaired) electrons. The normalized spacial score (nSPS) is 14.2. The first-order chi connectivity index (χ1) is 9.54. The van der Waals surface area contributed by atoms with Crippen LogP contribution in [0.2, 0.25) is 0 Å². The van der Waals surface area contributed by atoms with Crippen LogP contribution in [0.4, 0.5) is 9.59 Å². The van der Waals surface area contributed by atoms with Crippen molar-refractivity contribution >= 4 is 70.7 Å². The van der Waals surface area contributed by atoms with Gasteiger partial charge in [0.2, 0.25) is 0 Å². The van der Waals surface area contributed by atoms with Crippen LogP contribution in [0, 0.1) is 5.41 Å². The van der Waals surface area contributed by atoms with Crippen molar-refractivity contribution in [1.29, 1.82) is 0 Å². The molecule has 0 spiro atoms. The number of carbonyl (C=O) groups excluding carboxylic acids is 3. The van der Waals surface area contributed by atoms with Gasteiger partial charge in [-0.3, -0.25) is 4.79 Å². The van der Waals surface area contributed by atoms with E-state index in [9.17, 15) is 14.4 Å². The number of Topliss-reactive ketones (excluding diaryl/α,β-unsaturated/α-hetero) is 1. The van der Waals surface area contributed by atoms with E-state index in [4.69, 9.17) is 15.2 Å². The molecular weight excluding hydrogens is 524 g/mol. The molecule has 0 heterocycles. The number of halogens is 2. The third kappa shape index (κ3) is 10.7. The van der Waals surface area contributed by atoms with Gasteiger partial charge < -0.3 is 15.2 Å². The largest absolute Gasteiger partial charge is 0.454 e. The van der Waals surface area contributed by atoms with Gasteiger partial charge in [0.05, 0.1) is 51.2 Å². The Bertz CT molecular complexity index is 386. The monoisotopic (exact) mass is 543 g/mol. The molecule has 0 aliphatic carbocycles. The molecule has 9 heteroatoms. The average molecular weight is 543 g/mol. The maximum Gasteiger partial charge on any atom is 0.367 e. The molecule has 2 N–H and O–H groups in total. The molecule has 122 valence electrons. The zero-order valence-corrected chi connectivity index (χ0v) is 17.2. The van der Waals surface area contributed by atoms with E-state index in [-0.39, 0.29) is 12.4 Å². The summed E-state index contributed by atoms with van der Waals surface area (Å²) in [6, 6.07) is -0.571. The quantitative estimate of drug-likeness (QED) is 0.372. The smallest absolute Gasteiger partial charge is 0.367 e. The average Bonchev–Trinajstić information content (AvgIpc) is 2.32. The number of hydrogen-bond acceptors (Lipinski definition) is 7. The molecule has 0 saturated carbocycles. The van der Waals surface area contributed by atoms with E-state index in [1.165, 1.54) is 56.9 Å². The van der Waals surface area contributed by atoms with E-state index in [0.717, 1.165) is 0 Å². The van der Waals surface area contributed by atoms with Crippen LogP contribution in [0.25, 0.3) is 0 Å². The summed E-state index contributed by atoms with van der Waals surface area (Å²) in [5, 5.41) is 0. The van der Waals surface area contributed by atoms with E-state index >= 15 is 0 Å². The number of nitrogens with two attached hydrogens (primary N) is 1. The first-order valence-corrected chi connectivity index (χ1v) is 9.41.